The molecule has 3 rings (SSSR count). The van der Waals surface area contributed by atoms with E-state index in [2.05, 4.69) is 81.9 Å². The molecule has 0 atom stereocenters. The van der Waals surface area contributed by atoms with Gasteiger partial charge in [0.05, 0.1) is 6.54 Å². The lowest BCUT2D eigenvalue weighted by molar-refractivity contribution is -0.117. The van der Waals surface area contributed by atoms with Gasteiger partial charge >= 0.3 is 0 Å². The SMILES string of the molecule is CC(C)c1cccc(C(C)C)c1NC(=O)CN1CCN(c2ccc(Br)cn2)CC1. The first-order valence-corrected chi connectivity index (χ1v) is 11.2. The molecule has 0 radical (unpaired) electrons. The van der Waals surface area contributed by atoms with Gasteiger partial charge in [0.15, 0.2) is 0 Å². The number of pyridine rings is 1. The van der Waals surface area contributed by atoms with Crippen molar-refractivity contribution in [2.45, 2.75) is 39.5 Å². The lowest BCUT2D eigenvalue weighted by Crippen LogP contribution is -2.49. The van der Waals surface area contributed by atoms with Crippen LogP contribution < -0.4 is 10.2 Å². The van der Waals surface area contributed by atoms with E-state index in [0.717, 1.165) is 42.2 Å². The summed E-state index contributed by atoms with van der Waals surface area (Å²) in [6, 6.07) is 10.4. The van der Waals surface area contributed by atoms with Crippen LogP contribution in [0.25, 0.3) is 0 Å². The fourth-order valence-electron chi connectivity index (χ4n) is 3.77. The number of halogens is 1. The molecule has 2 heterocycles. The fraction of sp³-hybridized carbons (Fsp3) is 0.478. The number of nitrogens with one attached hydrogen (secondary N) is 1. The molecule has 5 nitrogen and oxygen atoms in total. The fourth-order valence-corrected chi connectivity index (χ4v) is 4.00. The van der Waals surface area contributed by atoms with Crippen LogP contribution in [0.5, 0.6) is 0 Å². The summed E-state index contributed by atoms with van der Waals surface area (Å²) in [7, 11) is 0. The van der Waals surface area contributed by atoms with Gasteiger partial charge in [0.2, 0.25) is 5.91 Å². The Kier molecular flexibility index (Phi) is 7.30. The molecule has 1 aromatic carbocycles. The Morgan fingerprint density at radius 3 is 2.17 bits per heavy atom. The minimum atomic E-state index is 0.0650. The first kappa shape index (κ1) is 21.8. The molecule has 1 aliphatic rings. The van der Waals surface area contributed by atoms with E-state index in [4.69, 9.17) is 0 Å². The molecule has 1 aliphatic heterocycles. The summed E-state index contributed by atoms with van der Waals surface area (Å²) >= 11 is 3.43. The molecule has 2 aromatic rings. The van der Waals surface area contributed by atoms with Crippen LogP contribution >= 0.6 is 15.9 Å². The third kappa shape index (κ3) is 5.58. The molecule has 1 amide bonds. The summed E-state index contributed by atoms with van der Waals surface area (Å²) in [4.78, 5) is 21.8. The number of hydrogen-bond acceptors (Lipinski definition) is 4. The van der Waals surface area contributed by atoms with Crippen LogP contribution in [-0.4, -0.2) is 48.5 Å². The van der Waals surface area contributed by atoms with E-state index in [1.54, 1.807) is 0 Å². The number of aromatic nitrogens is 1. The Hall–Kier alpha value is -1.92. The van der Waals surface area contributed by atoms with Crippen LogP contribution in [0.4, 0.5) is 11.5 Å². The number of nitrogens with zero attached hydrogens (tertiary/aromatic N) is 3. The normalized spacial score (nSPS) is 15.2. The number of hydrogen-bond donors (Lipinski definition) is 1. The highest BCUT2D eigenvalue weighted by atomic mass is 79.9. The Labute approximate surface area is 182 Å². The number of para-hydroxylation sites is 1. The van der Waals surface area contributed by atoms with Gasteiger partial charge in [-0.15, -0.1) is 0 Å². The second-order valence-corrected chi connectivity index (χ2v) is 9.18. The number of piperazine rings is 1. The first-order valence-electron chi connectivity index (χ1n) is 10.4. The second kappa shape index (κ2) is 9.72. The van der Waals surface area contributed by atoms with E-state index in [1.165, 1.54) is 11.1 Å². The van der Waals surface area contributed by atoms with E-state index >= 15 is 0 Å². The molecule has 0 unspecified atom stereocenters. The third-order valence-corrected chi connectivity index (χ3v) is 5.88. The van der Waals surface area contributed by atoms with Crippen LogP contribution in [0, 0.1) is 0 Å². The van der Waals surface area contributed by atoms with Crippen molar-refractivity contribution in [1.29, 1.82) is 0 Å². The van der Waals surface area contributed by atoms with E-state index in [1.807, 2.05) is 18.3 Å². The van der Waals surface area contributed by atoms with Gasteiger partial charge in [0.1, 0.15) is 5.82 Å². The minimum Gasteiger partial charge on any atom is -0.354 e. The summed E-state index contributed by atoms with van der Waals surface area (Å²) in [6.45, 7) is 12.6. The highest BCUT2D eigenvalue weighted by Crippen LogP contribution is 2.32. The molecular formula is C23H31BrN4O. The van der Waals surface area contributed by atoms with E-state index in [-0.39, 0.29) is 5.91 Å². The highest BCUT2D eigenvalue weighted by molar-refractivity contribution is 9.10. The third-order valence-electron chi connectivity index (χ3n) is 5.41. The lowest BCUT2D eigenvalue weighted by Gasteiger charge is -2.35. The molecule has 0 saturated carbocycles. The number of amides is 1. The standard InChI is InChI=1S/C23H31BrN4O/c1-16(2)19-6-5-7-20(17(3)4)23(19)26-22(29)15-27-10-12-28(13-11-27)21-9-8-18(24)14-25-21/h5-9,14,16-17H,10-13,15H2,1-4H3,(H,26,29). The van der Waals surface area contributed by atoms with Crippen molar-refractivity contribution in [3.05, 3.63) is 52.1 Å². The van der Waals surface area contributed by atoms with Gasteiger partial charge in [0, 0.05) is 42.5 Å². The number of benzene rings is 1. The predicted molar refractivity (Wildman–Crippen MR) is 124 cm³/mol. The van der Waals surface area contributed by atoms with Crippen molar-refractivity contribution in [3.8, 4) is 0 Å². The predicted octanol–water partition coefficient (Wildman–Crippen LogP) is 4.85. The summed E-state index contributed by atoms with van der Waals surface area (Å²) in [6.07, 6.45) is 1.83. The Morgan fingerprint density at radius 1 is 1.03 bits per heavy atom. The molecule has 1 aromatic heterocycles. The molecule has 1 fully saturated rings. The van der Waals surface area contributed by atoms with Gasteiger partial charge < -0.3 is 10.2 Å². The molecule has 1 N–H and O–H groups in total. The monoisotopic (exact) mass is 458 g/mol. The first-order chi connectivity index (χ1) is 13.8. The second-order valence-electron chi connectivity index (χ2n) is 8.27. The molecule has 0 aliphatic carbocycles. The van der Waals surface area contributed by atoms with Crippen molar-refractivity contribution in [3.63, 3.8) is 0 Å². The number of carbonyl (C=O) groups excluding carboxylic acids is 1. The number of rotatable bonds is 6. The summed E-state index contributed by atoms with van der Waals surface area (Å²) in [5.41, 5.74) is 3.41. The van der Waals surface area contributed by atoms with E-state index in [9.17, 15) is 4.79 Å². The topological polar surface area (TPSA) is 48.5 Å². The average Bonchev–Trinajstić information content (AvgIpc) is 2.69. The molecular weight excluding hydrogens is 428 g/mol. The summed E-state index contributed by atoms with van der Waals surface area (Å²) < 4.78 is 0.985. The summed E-state index contributed by atoms with van der Waals surface area (Å²) in [5, 5.41) is 3.23. The van der Waals surface area contributed by atoms with Crippen LogP contribution in [0.2, 0.25) is 0 Å². The minimum absolute atomic E-state index is 0.0650. The van der Waals surface area contributed by atoms with Crippen LogP contribution in [0.3, 0.4) is 0 Å². The molecule has 0 bridgehead atoms. The van der Waals surface area contributed by atoms with Crippen molar-refractivity contribution >= 4 is 33.3 Å². The average molecular weight is 459 g/mol. The largest absolute Gasteiger partial charge is 0.354 e. The summed E-state index contributed by atoms with van der Waals surface area (Å²) in [5.74, 6) is 1.79. The molecule has 29 heavy (non-hydrogen) atoms. The number of carbonyl (C=O) groups is 1. The van der Waals surface area contributed by atoms with E-state index < -0.39 is 0 Å². The van der Waals surface area contributed by atoms with Gasteiger partial charge in [-0.05, 0) is 51.0 Å². The molecule has 6 heteroatoms. The molecule has 156 valence electrons. The van der Waals surface area contributed by atoms with Crippen LogP contribution in [-0.2, 0) is 4.79 Å². The van der Waals surface area contributed by atoms with Gasteiger partial charge in [-0.2, -0.15) is 0 Å². The smallest absolute Gasteiger partial charge is 0.238 e. The van der Waals surface area contributed by atoms with Crippen molar-refractivity contribution in [1.82, 2.24) is 9.88 Å². The highest BCUT2D eigenvalue weighted by Gasteiger charge is 2.21. The van der Waals surface area contributed by atoms with Crippen molar-refractivity contribution in [2.24, 2.45) is 0 Å². The maximum atomic E-state index is 12.8. The Morgan fingerprint density at radius 2 is 1.66 bits per heavy atom. The van der Waals surface area contributed by atoms with Gasteiger partial charge in [-0.25, -0.2) is 4.98 Å². The lowest BCUT2D eigenvalue weighted by atomic mass is 9.92. The quantitative estimate of drug-likeness (QED) is 0.671. The Bertz CT molecular complexity index is 801. The van der Waals surface area contributed by atoms with E-state index in [0.29, 0.717) is 18.4 Å². The maximum Gasteiger partial charge on any atom is 0.238 e. The van der Waals surface area contributed by atoms with Crippen LogP contribution in [0.1, 0.15) is 50.7 Å². The maximum absolute atomic E-state index is 12.8. The zero-order valence-electron chi connectivity index (χ0n) is 17.8. The number of anilines is 2. The van der Waals surface area contributed by atoms with Gasteiger partial charge in [-0.3, -0.25) is 9.69 Å². The van der Waals surface area contributed by atoms with Gasteiger partial charge in [0.25, 0.3) is 0 Å². The van der Waals surface area contributed by atoms with Gasteiger partial charge in [-0.1, -0.05) is 45.9 Å². The zero-order valence-corrected chi connectivity index (χ0v) is 19.4. The van der Waals surface area contributed by atoms with Crippen molar-refractivity contribution in [2.75, 3.05) is 42.9 Å². The van der Waals surface area contributed by atoms with Crippen molar-refractivity contribution < 1.29 is 4.79 Å². The molecule has 0 spiro atoms. The Balaban J connectivity index is 1.60. The zero-order chi connectivity index (χ0) is 21.0. The molecule has 1 saturated heterocycles. The van der Waals surface area contributed by atoms with Crippen LogP contribution in [0.15, 0.2) is 41.0 Å².